The van der Waals surface area contributed by atoms with Crippen LogP contribution in [0.25, 0.3) is 0 Å². The molecule has 0 aromatic carbocycles. The number of rotatable bonds is 2. The molecule has 0 saturated carbocycles. The average molecular weight is 186 g/mol. The van der Waals surface area contributed by atoms with Crippen molar-refractivity contribution < 1.29 is 4.74 Å². The summed E-state index contributed by atoms with van der Waals surface area (Å²) in [5, 5.41) is 0. The molecule has 1 saturated heterocycles. The Balaban J connectivity index is 2.49. The number of hydrogen-bond acceptors (Lipinski definition) is 3. The molecule has 0 aromatic rings. The van der Waals surface area contributed by atoms with Crippen LogP contribution in [0.15, 0.2) is 0 Å². The fraction of sp³-hybridized carbons (Fsp3) is 1.00. The summed E-state index contributed by atoms with van der Waals surface area (Å²) < 4.78 is 5.57. The second kappa shape index (κ2) is 4.94. The third-order valence-electron chi connectivity index (χ3n) is 2.74. The van der Waals surface area contributed by atoms with Crippen LogP contribution in [0.1, 0.15) is 13.8 Å². The lowest BCUT2D eigenvalue weighted by atomic mass is 10.2. The predicted octanol–water partition coefficient (Wildman–Crippen LogP) is 0.657. The van der Waals surface area contributed by atoms with Crippen LogP contribution in [0.2, 0.25) is 0 Å². The van der Waals surface area contributed by atoms with Gasteiger partial charge < -0.3 is 9.64 Å². The smallest absolute Gasteiger partial charge is 0.0634 e. The maximum absolute atomic E-state index is 5.57. The average Bonchev–Trinajstić information content (AvgIpc) is 2.28. The van der Waals surface area contributed by atoms with Gasteiger partial charge in [-0.25, -0.2) is 0 Å². The third kappa shape index (κ3) is 3.25. The standard InChI is InChI=1S/C10H22N2O/c1-9(2)12-5-6-13-8-10(7-12)11(3)4/h9-10H,5-8H2,1-4H3/t10-/m0/s1. The second-order valence-corrected chi connectivity index (χ2v) is 4.28. The molecule has 0 amide bonds. The molecule has 0 bridgehead atoms. The molecule has 0 aliphatic carbocycles. The van der Waals surface area contributed by atoms with E-state index in [4.69, 9.17) is 4.74 Å². The van der Waals surface area contributed by atoms with Gasteiger partial charge in [-0.3, -0.25) is 4.90 Å². The van der Waals surface area contributed by atoms with Crippen molar-refractivity contribution in [1.82, 2.24) is 9.80 Å². The molecule has 1 aliphatic rings. The summed E-state index contributed by atoms with van der Waals surface area (Å²) in [5.41, 5.74) is 0. The van der Waals surface area contributed by atoms with Crippen LogP contribution >= 0.6 is 0 Å². The zero-order chi connectivity index (χ0) is 9.84. The van der Waals surface area contributed by atoms with Crippen molar-refractivity contribution in [3.8, 4) is 0 Å². The van der Waals surface area contributed by atoms with Gasteiger partial charge in [0.1, 0.15) is 0 Å². The van der Waals surface area contributed by atoms with Gasteiger partial charge in [0.25, 0.3) is 0 Å². The van der Waals surface area contributed by atoms with Gasteiger partial charge in [-0.1, -0.05) is 0 Å². The van der Waals surface area contributed by atoms with Gasteiger partial charge in [0.05, 0.1) is 13.2 Å². The number of hydrogen-bond donors (Lipinski definition) is 0. The fourth-order valence-corrected chi connectivity index (χ4v) is 1.60. The highest BCUT2D eigenvalue weighted by Gasteiger charge is 2.21. The van der Waals surface area contributed by atoms with E-state index < -0.39 is 0 Å². The first kappa shape index (κ1) is 11.0. The number of likely N-dealkylation sites (N-methyl/N-ethyl adjacent to an activating group) is 1. The highest BCUT2D eigenvalue weighted by atomic mass is 16.5. The Bertz CT molecular complexity index is 132. The third-order valence-corrected chi connectivity index (χ3v) is 2.74. The SMILES string of the molecule is CC(C)N1CCOC[C@@H](N(C)C)C1. The Labute approximate surface area is 81.7 Å². The largest absolute Gasteiger partial charge is 0.378 e. The van der Waals surface area contributed by atoms with Gasteiger partial charge in [0, 0.05) is 25.2 Å². The van der Waals surface area contributed by atoms with Crippen LogP contribution in [0.4, 0.5) is 0 Å². The summed E-state index contributed by atoms with van der Waals surface area (Å²) in [6, 6.07) is 1.18. The zero-order valence-corrected chi connectivity index (χ0v) is 9.29. The van der Waals surface area contributed by atoms with Crippen molar-refractivity contribution in [2.75, 3.05) is 40.4 Å². The molecule has 3 heteroatoms. The first-order valence-electron chi connectivity index (χ1n) is 5.09. The van der Waals surface area contributed by atoms with Crippen LogP contribution in [-0.4, -0.2) is 62.3 Å². The first-order valence-corrected chi connectivity index (χ1v) is 5.09. The highest BCUT2D eigenvalue weighted by molar-refractivity contribution is 4.76. The Morgan fingerprint density at radius 2 is 2.08 bits per heavy atom. The molecule has 3 nitrogen and oxygen atoms in total. The van der Waals surface area contributed by atoms with E-state index in [1.54, 1.807) is 0 Å². The Hall–Kier alpha value is -0.120. The van der Waals surface area contributed by atoms with Gasteiger partial charge in [-0.15, -0.1) is 0 Å². The molecule has 0 aromatic heterocycles. The molecule has 0 spiro atoms. The molecule has 1 rings (SSSR count). The van der Waals surface area contributed by atoms with E-state index in [1.165, 1.54) is 0 Å². The van der Waals surface area contributed by atoms with Crippen LogP contribution in [0, 0.1) is 0 Å². The lowest BCUT2D eigenvalue weighted by Crippen LogP contribution is -2.43. The van der Waals surface area contributed by atoms with Crippen molar-refractivity contribution in [1.29, 1.82) is 0 Å². The Morgan fingerprint density at radius 1 is 1.38 bits per heavy atom. The van der Waals surface area contributed by atoms with Gasteiger partial charge in [-0.2, -0.15) is 0 Å². The van der Waals surface area contributed by atoms with E-state index in [-0.39, 0.29) is 0 Å². The van der Waals surface area contributed by atoms with E-state index in [9.17, 15) is 0 Å². The maximum Gasteiger partial charge on any atom is 0.0634 e. The minimum Gasteiger partial charge on any atom is -0.378 e. The van der Waals surface area contributed by atoms with E-state index in [0.29, 0.717) is 12.1 Å². The molecule has 1 aliphatic heterocycles. The summed E-state index contributed by atoms with van der Waals surface area (Å²) >= 11 is 0. The van der Waals surface area contributed by atoms with Gasteiger partial charge in [-0.05, 0) is 27.9 Å². The topological polar surface area (TPSA) is 15.7 Å². The van der Waals surface area contributed by atoms with Crippen molar-refractivity contribution in [3.05, 3.63) is 0 Å². The minimum atomic E-state index is 0.546. The van der Waals surface area contributed by atoms with Crippen LogP contribution < -0.4 is 0 Å². The van der Waals surface area contributed by atoms with E-state index >= 15 is 0 Å². The van der Waals surface area contributed by atoms with Gasteiger partial charge in [0.2, 0.25) is 0 Å². The summed E-state index contributed by atoms with van der Waals surface area (Å²) in [5.74, 6) is 0. The van der Waals surface area contributed by atoms with Crippen molar-refractivity contribution in [2.24, 2.45) is 0 Å². The molecule has 0 unspecified atom stereocenters. The molecule has 1 heterocycles. The molecule has 13 heavy (non-hydrogen) atoms. The molecule has 0 N–H and O–H groups in total. The molecular weight excluding hydrogens is 164 g/mol. The summed E-state index contributed by atoms with van der Waals surface area (Å²) in [7, 11) is 4.25. The van der Waals surface area contributed by atoms with E-state index in [0.717, 1.165) is 26.3 Å². The molecule has 78 valence electrons. The number of nitrogens with zero attached hydrogens (tertiary/aromatic N) is 2. The monoisotopic (exact) mass is 186 g/mol. The summed E-state index contributed by atoms with van der Waals surface area (Å²) in [6.07, 6.45) is 0. The molecule has 1 fully saturated rings. The van der Waals surface area contributed by atoms with E-state index in [2.05, 4.69) is 37.7 Å². The maximum atomic E-state index is 5.57. The van der Waals surface area contributed by atoms with Gasteiger partial charge in [0.15, 0.2) is 0 Å². The van der Waals surface area contributed by atoms with E-state index in [1.807, 2.05) is 0 Å². The minimum absolute atomic E-state index is 0.546. The Morgan fingerprint density at radius 3 is 2.62 bits per heavy atom. The highest BCUT2D eigenvalue weighted by Crippen LogP contribution is 2.07. The molecular formula is C10H22N2O. The van der Waals surface area contributed by atoms with Crippen LogP contribution in [0.5, 0.6) is 0 Å². The first-order chi connectivity index (χ1) is 6.11. The normalized spacial score (nSPS) is 26.8. The number of ether oxygens (including phenoxy) is 1. The summed E-state index contributed by atoms with van der Waals surface area (Å²) in [4.78, 5) is 4.73. The van der Waals surface area contributed by atoms with Crippen LogP contribution in [0.3, 0.4) is 0 Å². The Kier molecular flexibility index (Phi) is 4.16. The van der Waals surface area contributed by atoms with Crippen molar-refractivity contribution in [2.45, 2.75) is 25.9 Å². The predicted molar refractivity (Wildman–Crippen MR) is 55.0 cm³/mol. The summed E-state index contributed by atoms with van der Waals surface area (Å²) in [6.45, 7) is 8.45. The van der Waals surface area contributed by atoms with Gasteiger partial charge >= 0.3 is 0 Å². The molecule has 0 radical (unpaired) electrons. The van der Waals surface area contributed by atoms with Crippen LogP contribution in [-0.2, 0) is 4.74 Å². The lowest BCUT2D eigenvalue weighted by molar-refractivity contribution is 0.103. The molecule has 1 atom stereocenters. The quantitative estimate of drug-likeness (QED) is 0.630. The van der Waals surface area contributed by atoms with Crippen molar-refractivity contribution >= 4 is 0 Å². The second-order valence-electron chi connectivity index (χ2n) is 4.28. The lowest BCUT2D eigenvalue weighted by Gasteiger charge is -2.29. The van der Waals surface area contributed by atoms with Crippen molar-refractivity contribution in [3.63, 3.8) is 0 Å². The zero-order valence-electron chi connectivity index (χ0n) is 9.29. The fourth-order valence-electron chi connectivity index (χ4n) is 1.60.